The standard InChI is InChI=1S/C17H17ClN4O2S/c1-3-8-19-13(23)9-22-17(24)15-16(25-10(2)20-15)14(21-22)11-4-6-12(18)7-5-11/h4-7H,3,8-9H2,1-2H3,(H,19,23). The maximum Gasteiger partial charge on any atom is 0.294 e. The number of carbonyl (C=O) groups is 1. The molecule has 0 radical (unpaired) electrons. The lowest BCUT2D eigenvalue weighted by Gasteiger charge is -2.09. The smallest absolute Gasteiger partial charge is 0.294 e. The fourth-order valence-electron chi connectivity index (χ4n) is 2.43. The number of aryl methyl sites for hydroxylation is 1. The van der Waals surface area contributed by atoms with Gasteiger partial charge in [-0.2, -0.15) is 5.10 Å². The summed E-state index contributed by atoms with van der Waals surface area (Å²) < 4.78 is 1.89. The quantitative estimate of drug-likeness (QED) is 0.742. The molecule has 0 atom stereocenters. The van der Waals surface area contributed by atoms with Crippen LogP contribution in [-0.2, 0) is 11.3 Å². The fourth-order valence-corrected chi connectivity index (χ4v) is 3.47. The zero-order valence-corrected chi connectivity index (χ0v) is 15.4. The fraction of sp³-hybridized carbons (Fsp3) is 0.294. The number of hydrogen-bond acceptors (Lipinski definition) is 5. The molecule has 0 aliphatic rings. The molecule has 2 heterocycles. The van der Waals surface area contributed by atoms with E-state index in [0.717, 1.165) is 21.7 Å². The summed E-state index contributed by atoms with van der Waals surface area (Å²) in [5.74, 6) is -0.246. The van der Waals surface area contributed by atoms with Gasteiger partial charge in [0.1, 0.15) is 12.2 Å². The lowest BCUT2D eigenvalue weighted by Crippen LogP contribution is -2.34. The molecule has 0 unspecified atom stereocenters. The van der Waals surface area contributed by atoms with E-state index in [9.17, 15) is 9.59 Å². The van der Waals surface area contributed by atoms with E-state index in [1.165, 1.54) is 16.0 Å². The van der Waals surface area contributed by atoms with Crippen LogP contribution in [0.15, 0.2) is 29.1 Å². The summed E-state index contributed by atoms with van der Waals surface area (Å²) in [6.07, 6.45) is 0.828. The molecule has 0 saturated heterocycles. The molecule has 0 spiro atoms. The van der Waals surface area contributed by atoms with Gasteiger partial charge in [0.25, 0.3) is 5.56 Å². The van der Waals surface area contributed by atoms with Crippen LogP contribution in [0.3, 0.4) is 0 Å². The second kappa shape index (κ2) is 7.33. The average Bonchev–Trinajstić information content (AvgIpc) is 2.98. The minimum atomic E-state index is -0.358. The van der Waals surface area contributed by atoms with Gasteiger partial charge in [-0.05, 0) is 25.5 Å². The van der Waals surface area contributed by atoms with Crippen molar-refractivity contribution in [1.29, 1.82) is 0 Å². The number of fused-ring (bicyclic) bond motifs is 1. The van der Waals surface area contributed by atoms with Gasteiger partial charge < -0.3 is 5.32 Å². The molecule has 1 N–H and O–H groups in total. The Morgan fingerprint density at radius 2 is 2.04 bits per heavy atom. The molecule has 0 bridgehead atoms. The van der Waals surface area contributed by atoms with Gasteiger partial charge in [-0.15, -0.1) is 11.3 Å². The van der Waals surface area contributed by atoms with Crippen LogP contribution in [0, 0.1) is 6.92 Å². The van der Waals surface area contributed by atoms with Crippen LogP contribution in [0.5, 0.6) is 0 Å². The Labute approximate surface area is 153 Å². The van der Waals surface area contributed by atoms with Crippen molar-refractivity contribution in [3.63, 3.8) is 0 Å². The van der Waals surface area contributed by atoms with E-state index < -0.39 is 0 Å². The molecule has 25 heavy (non-hydrogen) atoms. The molecule has 1 amide bonds. The summed E-state index contributed by atoms with van der Waals surface area (Å²) >= 11 is 7.37. The Balaban J connectivity index is 2.12. The van der Waals surface area contributed by atoms with Crippen molar-refractivity contribution in [2.24, 2.45) is 0 Å². The van der Waals surface area contributed by atoms with Crippen LogP contribution in [-0.4, -0.2) is 27.2 Å². The number of rotatable bonds is 5. The number of benzene rings is 1. The Morgan fingerprint density at radius 1 is 1.32 bits per heavy atom. The Bertz CT molecular complexity index is 979. The number of thiazole rings is 1. The molecule has 0 fully saturated rings. The first-order valence-corrected chi connectivity index (χ1v) is 9.10. The van der Waals surface area contributed by atoms with Gasteiger partial charge in [-0.25, -0.2) is 9.67 Å². The van der Waals surface area contributed by atoms with E-state index in [2.05, 4.69) is 15.4 Å². The molecule has 8 heteroatoms. The summed E-state index contributed by atoms with van der Waals surface area (Å²) in [6, 6.07) is 7.21. The van der Waals surface area contributed by atoms with E-state index >= 15 is 0 Å². The molecule has 0 saturated carbocycles. The highest BCUT2D eigenvalue weighted by Gasteiger charge is 2.17. The predicted molar refractivity (Wildman–Crippen MR) is 100 cm³/mol. The highest BCUT2D eigenvalue weighted by Crippen LogP contribution is 2.29. The number of aromatic nitrogens is 3. The van der Waals surface area contributed by atoms with Crippen molar-refractivity contribution >= 4 is 39.1 Å². The van der Waals surface area contributed by atoms with Gasteiger partial charge in [-0.3, -0.25) is 9.59 Å². The van der Waals surface area contributed by atoms with Crippen LogP contribution in [0.2, 0.25) is 5.02 Å². The number of nitrogens with one attached hydrogen (secondary N) is 1. The summed E-state index contributed by atoms with van der Waals surface area (Å²) in [6.45, 7) is 4.24. The Hall–Kier alpha value is -2.25. The highest BCUT2D eigenvalue weighted by molar-refractivity contribution is 7.19. The number of carbonyl (C=O) groups excluding carboxylic acids is 1. The number of halogens is 1. The van der Waals surface area contributed by atoms with Crippen LogP contribution < -0.4 is 10.9 Å². The lowest BCUT2D eigenvalue weighted by molar-refractivity contribution is -0.121. The van der Waals surface area contributed by atoms with Gasteiger partial charge in [-0.1, -0.05) is 30.7 Å². The Morgan fingerprint density at radius 3 is 2.72 bits per heavy atom. The van der Waals surface area contributed by atoms with E-state index in [1.54, 1.807) is 12.1 Å². The van der Waals surface area contributed by atoms with Crippen LogP contribution in [0.4, 0.5) is 0 Å². The maximum atomic E-state index is 12.6. The van der Waals surface area contributed by atoms with Gasteiger partial charge in [0.2, 0.25) is 5.91 Å². The first-order valence-electron chi connectivity index (χ1n) is 7.90. The molecule has 3 rings (SSSR count). The molecular formula is C17H17ClN4O2S. The number of nitrogens with zero attached hydrogens (tertiary/aromatic N) is 3. The van der Waals surface area contributed by atoms with Gasteiger partial charge in [0, 0.05) is 17.1 Å². The molecule has 3 aromatic rings. The van der Waals surface area contributed by atoms with E-state index in [0.29, 0.717) is 22.8 Å². The van der Waals surface area contributed by atoms with Gasteiger partial charge in [0.05, 0.1) is 9.71 Å². The van der Waals surface area contributed by atoms with Gasteiger partial charge >= 0.3 is 0 Å². The van der Waals surface area contributed by atoms with Crippen molar-refractivity contribution in [2.45, 2.75) is 26.8 Å². The molecular weight excluding hydrogens is 360 g/mol. The number of hydrogen-bond donors (Lipinski definition) is 1. The first kappa shape index (κ1) is 17.6. The normalized spacial score (nSPS) is 11.0. The first-order chi connectivity index (χ1) is 12.0. The molecule has 1 aromatic carbocycles. The average molecular weight is 377 g/mol. The maximum absolute atomic E-state index is 12.6. The van der Waals surface area contributed by atoms with Crippen molar-refractivity contribution < 1.29 is 4.79 Å². The van der Waals surface area contributed by atoms with E-state index in [1.807, 2.05) is 26.0 Å². The molecule has 6 nitrogen and oxygen atoms in total. The van der Waals surface area contributed by atoms with Crippen molar-refractivity contribution in [3.8, 4) is 11.3 Å². The second-order valence-corrected chi connectivity index (χ2v) is 7.22. The second-order valence-electron chi connectivity index (χ2n) is 5.58. The SMILES string of the molecule is CCCNC(=O)Cn1nc(-c2ccc(Cl)cc2)c2sc(C)nc2c1=O. The third-order valence-electron chi connectivity index (χ3n) is 3.59. The van der Waals surface area contributed by atoms with Crippen molar-refractivity contribution in [2.75, 3.05) is 6.54 Å². The zero-order chi connectivity index (χ0) is 18.0. The number of amides is 1. The highest BCUT2D eigenvalue weighted by atomic mass is 35.5. The zero-order valence-electron chi connectivity index (χ0n) is 13.9. The third-order valence-corrected chi connectivity index (χ3v) is 4.82. The van der Waals surface area contributed by atoms with Gasteiger partial charge in [0.15, 0.2) is 5.52 Å². The Kier molecular flexibility index (Phi) is 5.15. The molecule has 2 aromatic heterocycles. The monoisotopic (exact) mass is 376 g/mol. The largest absolute Gasteiger partial charge is 0.355 e. The summed E-state index contributed by atoms with van der Waals surface area (Å²) in [7, 11) is 0. The predicted octanol–water partition coefficient (Wildman–Crippen LogP) is 3.01. The van der Waals surface area contributed by atoms with Crippen LogP contribution in [0.25, 0.3) is 21.5 Å². The van der Waals surface area contributed by atoms with E-state index in [4.69, 9.17) is 11.6 Å². The third kappa shape index (κ3) is 3.72. The molecule has 0 aliphatic carbocycles. The lowest BCUT2D eigenvalue weighted by atomic mass is 10.1. The van der Waals surface area contributed by atoms with Crippen LogP contribution >= 0.6 is 22.9 Å². The van der Waals surface area contributed by atoms with Crippen molar-refractivity contribution in [1.82, 2.24) is 20.1 Å². The minimum absolute atomic E-state index is 0.133. The van der Waals surface area contributed by atoms with Crippen LogP contribution in [0.1, 0.15) is 18.4 Å². The minimum Gasteiger partial charge on any atom is -0.355 e. The summed E-state index contributed by atoms with van der Waals surface area (Å²) in [5, 5.41) is 8.58. The summed E-state index contributed by atoms with van der Waals surface area (Å²) in [5.41, 5.74) is 1.43. The van der Waals surface area contributed by atoms with E-state index in [-0.39, 0.29) is 18.0 Å². The molecule has 0 aliphatic heterocycles. The summed E-state index contributed by atoms with van der Waals surface area (Å²) in [4.78, 5) is 29.0. The molecule has 130 valence electrons. The van der Waals surface area contributed by atoms with Crippen molar-refractivity contribution in [3.05, 3.63) is 44.6 Å². The topological polar surface area (TPSA) is 76.9 Å².